The molecule has 0 spiro atoms. The average molecular weight is 314 g/mol. The lowest BCUT2D eigenvalue weighted by molar-refractivity contribution is -0.118. The number of benzene rings is 1. The number of aromatic nitrogens is 1. The van der Waals surface area contributed by atoms with Gasteiger partial charge in [-0.1, -0.05) is 12.1 Å². The van der Waals surface area contributed by atoms with Crippen molar-refractivity contribution in [2.45, 2.75) is 6.04 Å². The summed E-state index contributed by atoms with van der Waals surface area (Å²) in [5, 5.41) is 6.16. The van der Waals surface area contributed by atoms with Crippen LogP contribution in [0.1, 0.15) is 11.6 Å². The van der Waals surface area contributed by atoms with E-state index in [1.54, 1.807) is 30.6 Å². The Morgan fingerprint density at radius 2 is 2.17 bits per heavy atom. The summed E-state index contributed by atoms with van der Waals surface area (Å²) in [4.78, 5) is 18.3. The largest absolute Gasteiger partial charge is 0.325 e. The Kier molecular flexibility index (Phi) is 4.95. The first kappa shape index (κ1) is 15.6. The highest BCUT2D eigenvalue weighted by molar-refractivity contribution is 5.92. The zero-order valence-electron chi connectivity index (χ0n) is 12.7. The molecule has 0 bridgehead atoms. The molecule has 1 unspecified atom stereocenters. The molecule has 1 aromatic carbocycles. The van der Waals surface area contributed by atoms with E-state index in [1.165, 1.54) is 12.1 Å². The van der Waals surface area contributed by atoms with Gasteiger partial charge in [0.15, 0.2) is 0 Å². The van der Waals surface area contributed by atoms with E-state index in [4.69, 9.17) is 0 Å². The van der Waals surface area contributed by atoms with Crippen molar-refractivity contribution in [3.8, 4) is 0 Å². The van der Waals surface area contributed by atoms with E-state index in [0.717, 1.165) is 24.3 Å². The van der Waals surface area contributed by atoms with Crippen LogP contribution in [0.5, 0.6) is 0 Å². The Morgan fingerprint density at radius 3 is 2.96 bits per heavy atom. The highest BCUT2D eigenvalue weighted by Gasteiger charge is 2.25. The normalized spacial score (nSPS) is 18.6. The third-order valence-corrected chi connectivity index (χ3v) is 3.90. The molecule has 0 aliphatic carbocycles. The van der Waals surface area contributed by atoms with Gasteiger partial charge in [0, 0.05) is 43.8 Å². The summed E-state index contributed by atoms with van der Waals surface area (Å²) in [6.45, 7) is 2.52. The number of carbonyl (C=O) groups is 1. The van der Waals surface area contributed by atoms with E-state index in [-0.39, 0.29) is 24.3 Å². The fourth-order valence-electron chi connectivity index (χ4n) is 2.80. The van der Waals surface area contributed by atoms with Crippen molar-refractivity contribution >= 4 is 11.6 Å². The van der Waals surface area contributed by atoms with Crippen LogP contribution in [0, 0.1) is 5.82 Å². The number of piperazine rings is 1. The monoisotopic (exact) mass is 314 g/mol. The molecule has 1 aliphatic rings. The van der Waals surface area contributed by atoms with Crippen LogP contribution in [0.15, 0.2) is 48.8 Å². The molecule has 0 radical (unpaired) electrons. The van der Waals surface area contributed by atoms with Crippen LogP contribution in [0.3, 0.4) is 0 Å². The van der Waals surface area contributed by atoms with Crippen molar-refractivity contribution < 1.29 is 9.18 Å². The summed E-state index contributed by atoms with van der Waals surface area (Å²) >= 11 is 0. The second-order valence-corrected chi connectivity index (χ2v) is 5.53. The maximum atomic E-state index is 13.5. The highest BCUT2D eigenvalue weighted by Crippen LogP contribution is 2.22. The fraction of sp³-hybridized carbons (Fsp3) is 0.294. The molecule has 1 atom stereocenters. The van der Waals surface area contributed by atoms with Gasteiger partial charge in [-0.05, 0) is 29.8 Å². The van der Waals surface area contributed by atoms with Gasteiger partial charge < -0.3 is 10.6 Å². The molecule has 2 aromatic rings. The summed E-state index contributed by atoms with van der Waals surface area (Å²) in [7, 11) is 0. The van der Waals surface area contributed by atoms with Crippen LogP contribution in [0.4, 0.5) is 10.1 Å². The number of amides is 1. The SMILES string of the molecule is O=C(CN1CCNCC1c1cccc(F)c1)Nc1ccncc1. The first-order chi connectivity index (χ1) is 11.2. The van der Waals surface area contributed by atoms with Crippen molar-refractivity contribution in [1.29, 1.82) is 0 Å². The number of hydrogen-bond donors (Lipinski definition) is 2. The van der Waals surface area contributed by atoms with Crippen LogP contribution in [0.25, 0.3) is 0 Å². The lowest BCUT2D eigenvalue weighted by Gasteiger charge is -2.36. The second-order valence-electron chi connectivity index (χ2n) is 5.53. The number of nitrogens with one attached hydrogen (secondary N) is 2. The van der Waals surface area contributed by atoms with Gasteiger partial charge in [-0.15, -0.1) is 0 Å². The van der Waals surface area contributed by atoms with Crippen molar-refractivity contribution in [2.24, 2.45) is 0 Å². The Morgan fingerprint density at radius 1 is 1.35 bits per heavy atom. The molecular formula is C17H19FN4O. The average Bonchev–Trinajstić information content (AvgIpc) is 2.56. The van der Waals surface area contributed by atoms with Crippen LogP contribution >= 0.6 is 0 Å². The molecule has 120 valence electrons. The maximum absolute atomic E-state index is 13.5. The summed E-state index contributed by atoms with van der Waals surface area (Å²) in [6.07, 6.45) is 3.27. The molecule has 1 aliphatic heterocycles. The number of carbonyl (C=O) groups excluding carboxylic acids is 1. The zero-order chi connectivity index (χ0) is 16.1. The van der Waals surface area contributed by atoms with Crippen molar-refractivity contribution in [3.05, 3.63) is 60.2 Å². The summed E-state index contributed by atoms with van der Waals surface area (Å²) in [5.41, 5.74) is 1.61. The smallest absolute Gasteiger partial charge is 0.238 e. The summed E-state index contributed by atoms with van der Waals surface area (Å²) < 4.78 is 13.5. The van der Waals surface area contributed by atoms with E-state index in [0.29, 0.717) is 6.54 Å². The van der Waals surface area contributed by atoms with Gasteiger partial charge in [0.05, 0.1) is 6.54 Å². The Labute approximate surface area is 134 Å². The van der Waals surface area contributed by atoms with E-state index in [2.05, 4.69) is 20.5 Å². The van der Waals surface area contributed by atoms with Gasteiger partial charge in [0.1, 0.15) is 5.82 Å². The van der Waals surface area contributed by atoms with Crippen molar-refractivity contribution in [1.82, 2.24) is 15.2 Å². The lowest BCUT2D eigenvalue weighted by atomic mass is 10.0. The number of hydrogen-bond acceptors (Lipinski definition) is 4. The maximum Gasteiger partial charge on any atom is 0.238 e. The van der Waals surface area contributed by atoms with Gasteiger partial charge in [-0.25, -0.2) is 4.39 Å². The minimum Gasteiger partial charge on any atom is -0.325 e. The molecule has 3 rings (SSSR count). The quantitative estimate of drug-likeness (QED) is 0.904. The van der Waals surface area contributed by atoms with E-state index < -0.39 is 0 Å². The first-order valence-corrected chi connectivity index (χ1v) is 7.62. The molecule has 2 N–H and O–H groups in total. The number of halogens is 1. The fourth-order valence-corrected chi connectivity index (χ4v) is 2.80. The summed E-state index contributed by atoms with van der Waals surface area (Å²) in [5.74, 6) is -0.339. The van der Waals surface area contributed by atoms with Crippen LogP contribution in [-0.2, 0) is 4.79 Å². The topological polar surface area (TPSA) is 57.3 Å². The van der Waals surface area contributed by atoms with Crippen LogP contribution < -0.4 is 10.6 Å². The number of nitrogens with zero attached hydrogens (tertiary/aromatic N) is 2. The summed E-state index contributed by atoms with van der Waals surface area (Å²) in [6, 6.07) is 10.1. The zero-order valence-corrected chi connectivity index (χ0v) is 12.7. The second kappa shape index (κ2) is 7.30. The lowest BCUT2D eigenvalue weighted by Crippen LogP contribution is -2.48. The molecule has 1 saturated heterocycles. The molecule has 23 heavy (non-hydrogen) atoms. The first-order valence-electron chi connectivity index (χ1n) is 7.62. The Bertz CT molecular complexity index is 665. The molecule has 6 heteroatoms. The molecular weight excluding hydrogens is 295 g/mol. The third kappa shape index (κ3) is 4.12. The third-order valence-electron chi connectivity index (χ3n) is 3.90. The Balaban J connectivity index is 1.68. The van der Waals surface area contributed by atoms with Crippen LogP contribution in [-0.4, -0.2) is 42.0 Å². The number of rotatable bonds is 4. The molecule has 0 saturated carbocycles. The minimum atomic E-state index is -0.255. The number of pyridine rings is 1. The van der Waals surface area contributed by atoms with Crippen molar-refractivity contribution in [2.75, 3.05) is 31.5 Å². The van der Waals surface area contributed by atoms with Gasteiger partial charge >= 0.3 is 0 Å². The highest BCUT2D eigenvalue weighted by atomic mass is 19.1. The van der Waals surface area contributed by atoms with E-state index >= 15 is 0 Å². The predicted molar refractivity (Wildman–Crippen MR) is 86.5 cm³/mol. The molecule has 5 nitrogen and oxygen atoms in total. The van der Waals surface area contributed by atoms with E-state index in [9.17, 15) is 9.18 Å². The van der Waals surface area contributed by atoms with E-state index in [1.807, 2.05) is 6.07 Å². The number of anilines is 1. The predicted octanol–water partition coefficient (Wildman–Crippen LogP) is 1.81. The minimum absolute atomic E-state index is 0.0114. The van der Waals surface area contributed by atoms with Crippen molar-refractivity contribution in [3.63, 3.8) is 0 Å². The Hall–Kier alpha value is -2.31. The van der Waals surface area contributed by atoms with Gasteiger partial charge in [-0.3, -0.25) is 14.7 Å². The molecule has 1 amide bonds. The van der Waals surface area contributed by atoms with Gasteiger partial charge in [0.2, 0.25) is 5.91 Å². The van der Waals surface area contributed by atoms with Gasteiger partial charge in [0.25, 0.3) is 0 Å². The molecule has 2 heterocycles. The van der Waals surface area contributed by atoms with Gasteiger partial charge in [-0.2, -0.15) is 0 Å². The standard InChI is InChI=1S/C17H19FN4O/c18-14-3-1-2-13(10-14)16-11-20-8-9-22(16)12-17(23)21-15-4-6-19-7-5-15/h1-7,10,16,20H,8-9,11-12H2,(H,19,21,23). The molecule has 1 aromatic heterocycles. The van der Waals surface area contributed by atoms with Crippen LogP contribution in [0.2, 0.25) is 0 Å². The molecule has 1 fully saturated rings.